The first-order valence-corrected chi connectivity index (χ1v) is 8.06. The average molecular weight is 379 g/mol. The molecule has 0 aliphatic heterocycles. The summed E-state index contributed by atoms with van der Waals surface area (Å²) in [6, 6.07) is 16.4. The number of pyridine rings is 1. The van der Waals surface area contributed by atoms with Crippen LogP contribution in [0.3, 0.4) is 0 Å². The number of aromatic nitrogens is 1. The number of hydrogen-bond acceptors (Lipinski definition) is 3. The van der Waals surface area contributed by atoms with Crippen LogP contribution in [0.4, 0.5) is 19.0 Å². The zero-order valence-electron chi connectivity index (χ0n) is 13.4. The number of anilines is 1. The predicted octanol–water partition coefficient (Wildman–Crippen LogP) is 5.96. The first-order valence-electron chi connectivity index (χ1n) is 7.68. The van der Waals surface area contributed by atoms with Crippen molar-refractivity contribution in [3.8, 4) is 11.1 Å². The van der Waals surface area contributed by atoms with Crippen LogP contribution in [0.2, 0.25) is 5.02 Å². The molecule has 0 spiro atoms. The van der Waals surface area contributed by atoms with Gasteiger partial charge in [-0.1, -0.05) is 41.9 Å². The van der Waals surface area contributed by atoms with Crippen molar-refractivity contribution in [2.45, 2.75) is 12.8 Å². The lowest BCUT2D eigenvalue weighted by molar-refractivity contribution is -0.137. The molecule has 0 radical (unpaired) electrons. The first-order chi connectivity index (χ1) is 12.4. The SMILES string of the molecule is FC(F)(F)c1ccc(Cl)c(CONc2ccc(-c3ccccc3)cn2)c1. The van der Waals surface area contributed by atoms with Crippen molar-refractivity contribution in [2.24, 2.45) is 0 Å². The summed E-state index contributed by atoms with van der Waals surface area (Å²) >= 11 is 5.93. The van der Waals surface area contributed by atoms with Crippen LogP contribution in [0.1, 0.15) is 11.1 Å². The van der Waals surface area contributed by atoms with Gasteiger partial charge in [0.2, 0.25) is 0 Å². The summed E-state index contributed by atoms with van der Waals surface area (Å²) in [5.41, 5.74) is 4.04. The molecule has 1 heterocycles. The predicted molar refractivity (Wildman–Crippen MR) is 94.5 cm³/mol. The van der Waals surface area contributed by atoms with Crippen LogP contribution in [0.15, 0.2) is 66.9 Å². The largest absolute Gasteiger partial charge is 0.416 e. The molecule has 1 N–H and O–H groups in total. The Morgan fingerprint density at radius 2 is 1.73 bits per heavy atom. The number of hydrogen-bond donors (Lipinski definition) is 1. The molecule has 134 valence electrons. The number of nitrogens with one attached hydrogen (secondary N) is 1. The highest BCUT2D eigenvalue weighted by Crippen LogP contribution is 2.32. The van der Waals surface area contributed by atoms with Crippen molar-refractivity contribution in [1.82, 2.24) is 4.98 Å². The topological polar surface area (TPSA) is 34.1 Å². The third kappa shape index (κ3) is 4.53. The zero-order valence-corrected chi connectivity index (χ0v) is 14.2. The molecule has 3 rings (SSSR count). The Bertz CT molecular complexity index is 868. The fourth-order valence-electron chi connectivity index (χ4n) is 2.31. The standard InChI is InChI=1S/C19H14ClF3N2O/c20-17-8-7-16(19(21,22)23)10-15(17)12-26-25-18-9-6-14(11-24-18)13-4-2-1-3-5-13/h1-11H,12H2,(H,24,25). The maximum atomic E-state index is 12.8. The molecule has 0 aliphatic rings. The zero-order chi connectivity index (χ0) is 18.6. The third-order valence-corrected chi connectivity index (χ3v) is 4.02. The van der Waals surface area contributed by atoms with E-state index in [0.717, 1.165) is 23.3 Å². The summed E-state index contributed by atoms with van der Waals surface area (Å²) in [5, 5.41) is 0.201. The molecule has 1 aromatic heterocycles. The van der Waals surface area contributed by atoms with E-state index in [4.69, 9.17) is 16.4 Å². The van der Waals surface area contributed by atoms with Gasteiger partial charge < -0.3 is 0 Å². The van der Waals surface area contributed by atoms with Gasteiger partial charge in [-0.3, -0.25) is 4.84 Å². The smallest absolute Gasteiger partial charge is 0.270 e. The van der Waals surface area contributed by atoms with Crippen LogP contribution in [-0.4, -0.2) is 4.98 Å². The quantitative estimate of drug-likeness (QED) is 0.556. The summed E-state index contributed by atoms with van der Waals surface area (Å²) in [6.45, 7) is -0.134. The molecule has 0 bridgehead atoms. The van der Waals surface area contributed by atoms with Crippen molar-refractivity contribution in [3.05, 3.63) is 83.0 Å². The summed E-state index contributed by atoms with van der Waals surface area (Å²) in [4.78, 5) is 9.45. The molecule has 3 nitrogen and oxygen atoms in total. The lowest BCUT2D eigenvalue weighted by atomic mass is 10.1. The fourth-order valence-corrected chi connectivity index (χ4v) is 2.48. The minimum absolute atomic E-state index is 0.134. The van der Waals surface area contributed by atoms with Crippen LogP contribution < -0.4 is 5.48 Å². The van der Waals surface area contributed by atoms with Gasteiger partial charge in [-0.2, -0.15) is 13.2 Å². The van der Waals surface area contributed by atoms with Gasteiger partial charge in [0.05, 0.1) is 5.56 Å². The maximum Gasteiger partial charge on any atom is 0.416 e. The van der Waals surface area contributed by atoms with E-state index in [9.17, 15) is 13.2 Å². The highest BCUT2D eigenvalue weighted by Gasteiger charge is 2.30. The van der Waals surface area contributed by atoms with E-state index < -0.39 is 11.7 Å². The van der Waals surface area contributed by atoms with Crippen molar-refractivity contribution in [2.75, 3.05) is 5.48 Å². The molecule has 0 atom stereocenters. The highest BCUT2D eigenvalue weighted by molar-refractivity contribution is 6.31. The summed E-state index contributed by atoms with van der Waals surface area (Å²) in [6.07, 6.45) is -2.75. The third-order valence-electron chi connectivity index (χ3n) is 3.65. The van der Waals surface area contributed by atoms with Gasteiger partial charge in [0, 0.05) is 16.8 Å². The molecule has 3 aromatic rings. The average Bonchev–Trinajstić information content (AvgIpc) is 2.63. The number of alkyl halides is 3. The Labute approximate surface area is 153 Å². The van der Waals surface area contributed by atoms with Gasteiger partial charge >= 0.3 is 6.18 Å². The van der Waals surface area contributed by atoms with E-state index >= 15 is 0 Å². The molecule has 26 heavy (non-hydrogen) atoms. The van der Waals surface area contributed by atoms with Gasteiger partial charge in [-0.25, -0.2) is 10.5 Å². The van der Waals surface area contributed by atoms with Crippen molar-refractivity contribution >= 4 is 17.4 Å². The molecule has 0 saturated carbocycles. The Morgan fingerprint density at radius 1 is 0.962 bits per heavy atom. The molecule has 2 aromatic carbocycles. The molecule has 0 amide bonds. The van der Waals surface area contributed by atoms with E-state index in [1.165, 1.54) is 6.07 Å². The summed E-state index contributed by atoms with van der Waals surface area (Å²) < 4.78 is 38.3. The Hall–Kier alpha value is -2.57. The van der Waals surface area contributed by atoms with Crippen LogP contribution in [-0.2, 0) is 17.6 Å². The second-order valence-corrected chi connectivity index (χ2v) is 5.90. The van der Waals surface area contributed by atoms with Crippen LogP contribution in [0.5, 0.6) is 0 Å². The molecule has 7 heteroatoms. The highest BCUT2D eigenvalue weighted by atomic mass is 35.5. The normalized spacial score (nSPS) is 11.4. The number of halogens is 4. The summed E-state index contributed by atoms with van der Waals surface area (Å²) in [5.74, 6) is 0.438. The maximum absolute atomic E-state index is 12.8. The van der Waals surface area contributed by atoms with E-state index in [1.54, 1.807) is 12.3 Å². The van der Waals surface area contributed by atoms with Crippen molar-refractivity contribution in [3.63, 3.8) is 0 Å². The Balaban J connectivity index is 1.62. The number of benzene rings is 2. The van der Waals surface area contributed by atoms with Gasteiger partial charge in [-0.05, 0) is 41.5 Å². The van der Waals surface area contributed by atoms with Crippen LogP contribution in [0, 0.1) is 0 Å². The Morgan fingerprint density at radius 3 is 2.38 bits per heavy atom. The fraction of sp³-hybridized carbons (Fsp3) is 0.105. The van der Waals surface area contributed by atoms with Crippen LogP contribution >= 0.6 is 11.6 Å². The van der Waals surface area contributed by atoms with Gasteiger partial charge in [0.15, 0.2) is 0 Å². The van der Waals surface area contributed by atoms with E-state index in [1.807, 2.05) is 36.4 Å². The van der Waals surface area contributed by atoms with Gasteiger partial charge in [-0.15, -0.1) is 0 Å². The minimum atomic E-state index is -4.43. The lowest BCUT2D eigenvalue weighted by Gasteiger charge is -2.11. The van der Waals surface area contributed by atoms with Crippen molar-refractivity contribution < 1.29 is 18.0 Å². The molecule has 0 unspecified atom stereocenters. The van der Waals surface area contributed by atoms with E-state index in [2.05, 4.69) is 10.5 Å². The van der Waals surface area contributed by atoms with Gasteiger partial charge in [0.1, 0.15) is 12.4 Å². The molecule has 0 aliphatic carbocycles. The van der Waals surface area contributed by atoms with Gasteiger partial charge in [0.25, 0.3) is 0 Å². The van der Waals surface area contributed by atoms with E-state index in [-0.39, 0.29) is 17.2 Å². The monoisotopic (exact) mass is 378 g/mol. The Kier molecular flexibility index (Phi) is 5.44. The second kappa shape index (κ2) is 7.76. The lowest BCUT2D eigenvalue weighted by Crippen LogP contribution is -2.07. The summed E-state index contributed by atoms with van der Waals surface area (Å²) in [7, 11) is 0. The van der Waals surface area contributed by atoms with E-state index in [0.29, 0.717) is 5.82 Å². The first kappa shape index (κ1) is 18.2. The van der Waals surface area contributed by atoms with Crippen molar-refractivity contribution in [1.29, 1.82) is 0 Å². The molecule has 0 fully saturated rings. The molecular weight excluding hydrogens is 365 g/mol. The van der Waals surface area contributed by atoms with Crippen LogP contribution in [0.25, 0.3) is 11.1 Å². The number of nitrogens with zero attached hydrogens (tertiary/aromatic N) is 1. The molecule has 0 saturated heterocycles. The minimum Gasteiger partial charge on any atom is -0.270 e. The molecular formula is C19H14ClF3N2O. The second-order valence-electron chi connectivity index (χ2n) is 5.49. The number of rotatable bonds is 5.